The van der Waals surface area contributed by atoms with Gasteiger partial charge < -0.3 is 15.2 Å². The molecular formula is C16H23F2NO2. The summed E-state index contributed by atoms with van der Waals surface area (Å²) in [6.07, 6.45) is 4.04. The second-order valence-corrected chi connectivity index (χ2v) is 5.79. The van der Waals surface area contributed by atoms with Crippen molar-refractivity contribution < 1.29 is 18.6 Å². The Labute approximate surface area is 124 Å². The van der Waals surface area contributed by atoms with Gasteiger partial charge in [-0.25, -0.2) is 8.78 Å². The summed E-state index contributed by atoms with van der Waals surface area (Å²) >= 11 is 0. The maximum Gasteiger partial charge on any atom is 0.146 e. The lowest BCUT2D eigenvalue weighted by molar-refractivity contribution is -0.0424. The summed E-state index contributed by atoms with van der Waals surface area (Å²) in [6.45, 7) is 2.50. The van der Waals surface area contributed by atoms with E-state index in [1.807, 2.05) is 0 Å². The second-order valence-electron chi connectivity index (χ2n) is 5.79. The molecule has 118 valence electrons. The zero-order valence-electron chi connectivity index (χ0n) is 12.3. The topological polar surface area (TPSA) is 41.5 Å². The van der Waals surface area contributed by atoms with Gasteiger partial charge in [-0.1, -0.05) is 19.8 Å². The van der Waals surface area contributed by atoms with E-state index in [4.69, 9.17) is 4.74 Å². The number of rotatable bonds is 6. The van der Waals surface area contributed by atoms with Gasteiger partial charge in [0.25, 0.3) is 0 Å². The Kier molecular flexibility index (Phi) is 5.94. The Morgan fingerprint density at radius 2 is 2.10 bits per heavy atom. The van der Waals surface area contributed by atoms with E-state index in [9.17, 15) is 13.9 Å². The molecule has 0 radical (unpaired) electrons. The summed E-state index contributed by atoms with van der Waals surface area (Å²) in [5.74, 6) is -0.536. The van der Waals surface area contributed by atoms with Crippen LogP contribution in [0.2, 0.25) is 0 Å². The zero-order chi connectivity index (χ0) is 15.2. The summed E-state index contributed by atoms with van der Waals surface area (Å²) < 4.78 is 32.2. The number of ether oxygens (including phenoxy) is 1. The number of halogens is 2. The molecule has 0 aliphatic heterocycles. The van der Waals surface area contributed by atoms with Gasteiger partial charge in [-0.15, -0.1) is 0 Å². The monoisotopic (exact) mass is 299 g/mol. The number of aliphatic hydroxyl groups excluding tert-OH is 1. The standard InChI is InChI=1S/C16H23F2NO2/c1-11-4-2-3-5-16(11)21-10-13(20)9-19-15-8-12(17)6-7-14(15)18/h6-8,11,13,16,19-20H,2-5,9-10H2,1H3. The molecule has 2 N–H and O–H groups in total. The molecule has 3 unspecified atom stereocenters. The summed E-state index contributed by atoms with van der Waals surface area (Å²) in [7, 11) is 0. The predicted molar refractivity (Wildman–Crippen MR) is 78.2 cm³/mol. The number of anilines is 1. The van der Waals surface area contributed by atoms with Gasteiger partial charge in [0.05, 0.1) is 24.5 Å². The molecule has 0 amide bonds. The molecule has 3 nitrogen and oxygen atoms in total. The molecule has 1 aromatic rings. The molecule has 1 aliphatic rings. The summed E-state index contributed by atoms with van der Waals surface area (Å²) in [4.78, 5) is 0. The van der Waals surface area contributed by atoms with Crippen LogP contribution in [-0.2, 0) is 4.74 Å². The third kappa shape index (κ3) is 4.93. The van der Waals surface area contributed by atoms with Gasteiger partial charge >= 0.3 is 0 Å². The van der Waals surface area contributed by atoms with Crippen LogP contribution < -0.4 is 5.32 Å². The molecule has 1 aliphatic carbocycles. The Hall–Kier alpha value is -1.20. The first kappa shape index (κ1) is 16.2. The van der Waals surface area contributed by atoms with Crippen molar-refractivity contribution in [1.82, 2.24) is 0 Å². The average molecular weight is 299 g/mol. The minimum atomic E-state index is -0.748. The van der Waals surface area contributed by atoms with Gasteiger partial charge in [0.2, 0.25) is 0 Å². The van der Waals surface area contributed by atoms with Crippen LogP contribution in [0, 0.1) is 17.6 Å². The van der Waals surface area contributed by atoms with E-state index in [0.29, 0.717) is 5.92 Å². The second kappa shape index (κ2) is 7.71. The molecule has 0 heterocycles. The number of hydrogen-bond donors (Lipinski definition) is 2. The molecule has 1 fully saturated rings. The lowest BCUT2D eigenvalue weighted by Crippen LogP contribution is -2.32. The highest BCUT2D eigenvalue weighted by Gasteiger charge is 2.22. The van der Waals surface area contributed by atoms with Gasteiger partial charge in [-0.05, 0) is 37.0 Å². The normalized spacial score (nSPS) is 23.8. The van der Waals surface area contributed by atoms with Gasteiger partial charge in [0, 0.05) is 6.54 Å². The molecule has 2 rings (SSSR count). The van der Waals surface area contributed by atoms with Gasteiger partial charge in [-0.2, -0.15) is 0 Å². The maximum absolute atomic E-state index is 13.4. The minimum Gasteiger partial charge on any atom is -0.389 e. The van der Waals surface area contributed by atoms with Gasteiger partial charge in [0.15, 0.2) is 0 Å². The Balaban J connectivity index is 1.74. The van der Waals surface area contributed by atoms with Crippen molar-refractivity contribution in [3.63, 3.8) is 0 Å². The van der Waals surface area contributed by atoms with E-state index in [2.05, 4.69) is 12.2 Å². The van der Waals surface area contributed by atoms with Crippen LogP contribution in [0.4, 0.5) is 14.5 Å². The quantitative estimate of drug-likeness (QED) is 0.846. The summed E-state index contributed by atoms with van der Waals surface area (Å²) in [5, 5.41) is 12.6. The number of aliphatic hydroxyl groups is 1. The van der Waals surface area contributed by atoms with Crippen LogP contribution in [0.3, 0.4) is 0 Å². The highest BCUT2D eigenvalue weighted by Crippen LogP contribution is 2.26. The molecule has 0 aromatic heterocycles. The first-order valence-electron chi connectivity index (χ1n) is 7.55. The fourth-order valence-electron chi connectivity index (χ4n) is 2.68. The third-order valence-electron chi connectivity index (χ3n) is 3.99. The van der Waals surface area contributed by atoms with Crippen molar-refractivity contribution in [2.45, 2.75) is 44.8 Å². The highest BCUT2D eigenvalue weighted by atomic mass is 19.1. The SMILES string of the molecule is CC1CCCCC1OCC(O)CNc1cc(F)ccc1F. The van der Waals surface area contributed by atoms with Crippen LogP contribution in [0.25, 0.3) is 0 Å². The van der Waals surface area contributed by atoms with Crippen LogP contribution >= 0.6 is 0 Å². The average Bonchev–Trinajstić information content (AvgIpc) is 2.47. The van der Waals surface area contributed by atoms with Crippen LogP contribution in [0.1, 0.15) is 32.6 Å². The predicted octanol–water partition coefficient (Wildman–Crippen LogP) is 3.33. The van der Waals surface area contributed by atoms with Crippen LogP contribution in [0.5, 0.6) is 0 Å². The van der Waals surface area contributed by atoms with Gasteiger partial charge in [0.1, 0.15) is 11.6 Å². The van der Waals surface area contributed by atoms with Crippen LogP contribution in [0.15, 0.2) is 18.2 Å². The zero-order valence-corrected chi connectivity index (χ0v) is 12.3. The van der Waals surface area contributed by atoms with Crippen molar-refractivity contribution in [2.24, 2.45) is 5.92 Å². The fourth-order valence-corrected chi connectivity index (χ4v) is 2.68. The molecule has 3 atom stereocenters. The number of benzene rings is 1. The fraction of sp³-hybridized carbons (Fsp3) is 0.625. The molecule has 0 bridgehead atoms. The van der Waals surface area contributed by atoms with Gasteiger partial charge in [-0.3, -0.25) is 0 Å². The number of hydrogen-bond acceptors (Lipinski definition) is 3. The smallest absolute Gasteiger partial charge is 0.146 e. The van der Waals surface area contributed by atoms with E-state index in [-0.39, 0.29) is 24.9 Å². The Morgan fingerprint density at radius 3 is 2.86 bits per heavy atom. The molecular weight excluding hydrogens is 276 g/mol. The van der Waals surface area contributed by atoms with Crippen molar-refractivity contribution in [1.29, 1.82) is 0 Å². The van der Waals surface area contributed by atoms with Crippen molar-refractivity contribution in [2.75, 3.05) is 18.5 Å². The molecule has 21 heavy (non-hydrogen) atoms. The maximum atomic E-state index is 13.4. The molecule has 1 aromatic carbocycles. The molecule has 5 heteroatoms. The van der Waals surface area contributed by atoms with E-state index in [0.717, 1.165) is 37.5 Å². The van der Waals surface area contributed by atoms with Crippen molar-refractivity contribution in [3.05, 3.63) is 29.8 Å². The molecule has 0 saturated heterocycles. The minimum absolute atomic E-state index is 0.0556. The lowest BCUT2D eigenvalue weighted by Gasteiger charge is -2.29. The Morgan fingerprint density at radius 1 is 1.33 bits per heavy atom. The van der Waals surface area contributed by atoms with E-state index >= 15 is 0 Å². The van der Waals surface area contributed by atoms with E-state index < -0.39 is 17.7 Å². The first-order chi connectivity index (χ1) is 10.1. The lowest BCUT2D eigenvalue weighted by atomic mass is 9.88. The largest absolute Gasteiger partial charge is 0.389 e. The van der Waals surface area contributed by atoms with Crippen molar-refractivity contribution >= 4 is 5.69 Å². The van der Waals surface area contributed by atoms with E-state index in [1.54, 1.807) is 0 Å². The number of nitrogens with one attached hydrogen (secondary N) is 1. The molecule has 0 spiro atoms. The molecule has 1 saturated carbocycles. The first-order valence-corrected chi connectivity index (χ1v) is 7.55. The Bertz CT molecular complexity index is 456. The van der Waals surface area contributed by atoms with Crippen molar-refractivity contribution in [3.8, 4) is 0 Å². The summed E-state index contributed by atoms with van der Waals surface area (Å²) in [5.41, 5.74) is 0.0556. The van der Waals surface area contributed by atoms with Crippen LogP contribution in [-0.4, -0.2) is 30.5 Å². The van der Waals surface area contributed by atoms with E-state index in [1.165, 1.54) is 6.42 Å². The highest BCUT2D eigenvalue weighted by molar-refractivity contribution is 5.44. The third-order valence-corrected chi connectivity index (χ3v) is 3.99. The summed E-state index contributed by atoms with van der Waals surface area (Å²) in [6, 6.07) is 3.20.